The maximum Gasteiger partial charge on any atom is 0.262 e. The highest BCUT2D eigenvalue weighted by Gasteiger charge is 2.31. The Morgan fingerprint density at radius 3 is 2.61 bits per heavy atom. The SMILES string of the molecule is Cc1cc(NC(=O)c2cn3c4c(c(N5CCN(C)CC5)c(F)cc4c2=O)OC[C@@H]3C)nn1C. The summed E-state index contributed by atoms with van der Waals surface area (Å²) < 4.78 is 24.9. The van der Waals surface area contributed by atoms with Crippen molar-refractivity contribution in [3.05, 3.63) is 45.6 Å². The third-order valence-corrected chi connectivity index (χ3v) is 6.56. The van der Waals surface area contributed by atoms with Crippen LogP contribution in [0.4, 0.5) is 15.9 Å². The van der Waals surface area contributed by atoms with Crippen LogP contribution in [-0.2, 0) is 7.05 Å². The van der Waals surface area contributed by atoms with E-state index >= 15 is 4.39 Å². The number of hydrogen-bond acceptors (Lipinski definition) is 6. The number of amides is 1. The van der Waals surface area contributed by atoms with Crippen molar-refractivity contribution in [3.8, 4) is 5.75 Å². The largest absolute Gasteiger partial charge is 0.487 e. The predicted molar refractivity (Wildman–Crippen MR) is 124 cm³/mol. The monoisotopic (exact) mass is 454 g/mol. The molecule has 4 heterocycles. The third-order valence-electron chi connectivity index (χ3n) is 6.56. The molecule has 5 rings (SSSR count). The van der Waals surface area contributed by atoms with Crippen LogP contribution < -0.4 is 20.4 Å². The molecular formula is C23H27FN6O3. The molecule has 10 heteroatoms. The summed E-state index contributed by atoms with van der Waals surface area (Å²) in [5.41, 5.74) is 1.19. The standard InChI is InChI=1S/C23H27FN6O3/c1-13-9-18(26-28(13)4)25-23(32)16-11-30-14(2)12-33-22-19(30)15(21(16)31)10-17(24)20(22)29-7-5-27(3)6-8-29/h9-11,14H,5-8,12H2,1-4H3,(H,25,26,32)/t14-/m0/s1. The van der Waals surface area contributed by atoms with Crippen LogP contribution in [0.3, 0.4) is 0 Å². The highest BCUT2D eigenvalue weighted by Crippen LogP contribution is 2.42. The number of carbonyl (C=O) groups is 1. The number of hydrogen-bond donors (Lipinski definition) is 1. The lowest BCUT2D eigenvalue weighted by molar-refractivity contribution is 0.102. The second-order valence-corrected chi connectivity index (χ2v) is 8.91. The maximum atomic E-state index is 15.4. The average molecular weight is 455 g/mol. The van der Waals surface area contributed by atoms with Gasteiger partial charge in [-0.25, -0.2) is 4.39 Å². The van der Waals surface area contributed by atoms with Gasteiger partial charge in [0.25, 0.3) is 5.91 Å². The molecule has 1 atom stereocenters. The van der Waals surface area contributed by atoms with Crippen LogP contribution in [0.5, 0.6) is 5.75 Å². The molecule has 0 saturated carbocycles. The molecule has 1 N–H and O–H groups in total. The Morgan fingerprint density at radius 1 is 1.21 bits per heavy atom. The van der Waals surface area contributed by atoms with Gasteiger partial charge >= 0.3 is 0 Å². The molecule has 1 fully saturated rings. The minimum Gasteiger partial charge on any atom is -0.487 e. The molecule has 0 spiro atoms. The molecule has 0 radical (unpaired) electrons. The van der Waals surface area contributed by atoms with E-state index < -0.39 is 17.2 Å². The van der Waals surface area contributed by atoms with Crippen molar-refractivity contribution < 1.29 is 13.9 Å². The minimum absolute atomic E-state index is 0.0581. The highest BCUT2D eigenvalue weighted by molar-refractivity contribution is 6.06. The Morgan fingerprint density at radius 2 is 1.94 bits per heavy atom. The first-order valence-corrected chi connectivity index (χ1v) is 11.0. The van der Waals surface area contributed by atoms with Crippen LogP contribution in [0, 0.1) is 12.7 Å². The second kappa shape index (κ2) is 7.87. The number of halogens is 1. The summed E-state index contributed by atoms with van der Waals surface area (Å²) in [4.78, 5) is 30.5. The average Bonchev–Trinajstić information content (AvgIpc) is 3.09. The minimum atomic E-state index is -0.576. The summed E-state index contributed by atoms with van der Waals surface area (Å²) in [7, 11) is 3.80. The Labute approximate surface area is 190 Å². The molecule has 0 bridgehead atoms. The third kappa shape index (κ3) is 3.54. The van der Waals surface area contributed by atoms with E-state index in [0.717, 1.165) is 18.8 Å². The van der Waals surface area contributed by atoms with Gasteiger partial charge in [0.15, 0.2) is 17.4 Å². The molecule has 1 aromatic carbocycles. The summed E-state index contributed by atoms with van der Waals surface area (Å²) in [6, 6.07) is 2.83. The number of piperazine rings is 1. The number of carbonyl (C=O) groups excluding carboxylic acids is 1. The number of rotatable bonds is 3. The molecule has 9 nitrogen and oxygen atoms in total. The Hall–Kier alpha value is -3.40. The van der Waals surface area contributed by atoms with Gasteiger partial charge in [-0.3, -0.25) is 14.3 Å². The summed E-state index contributed by atoms with van der Waals surface area (Å²) in [5, 5.41) is 7.04. The summed E-state index contributed by atoms with van der Waals surface area (Å²) in [6.07, 6.45) is 1.55. The maximum absolute atomic E-state index is 15.4. The zero-order chi connectivity index (χ0) is 23.4. The van der Waals surface area contributed by atoms with Gasteiger partial charge in [0.2, 0.25) is 5.43 Å². The van der Waals surface area contributed by atoms with Gasteiger partial charge in [0.1, 0.15) is 17.9 Å². The van der Waals surface area contributed by atoms with Gasteiger partial charge in [0.05, 0.1) is 16.9 Å². The van der Waals surface area contributed by atoms with E-state index in [-0.39, 0.29) is 17.0 Å². The van der Waals surface area contributed by atoms with Crippen LogP contribution in [-0.4, -0.2) is 65.0 Å². The smallest absolute Gasteiger partial charge is 0.262 e. The lowest BCUT2D eigenvalue weighted by Gasteiger charge is -2.37. The summed E-state index contributed by atoms with van der Waals surface area (Å²) in [6.45, 7) is 7.07. The number of benzene rings is 1. The van der Waals surface area contributed by atoms with Crippen LogP contribution in [0.2, 0.25) is 0 Å². The van der Waals surface area contributed by atoms with Crippen molar-refractivity contribution in [2.45, 2.75) is 19.9 Å². The Bertz CT molecular complexity index is 1300. The van der Waals surface area contributed by atoms with E-state index in [9.17, 15) is 9.59 Å². The Kier molecular flexibility index (Phi) is 5.12. The van der Waals surface area contributed by atoms with Crippen LogP contribution in [0.1, 0.15) is 29.0 Å². The zero-order valence-corrected chi connectivity index (χ0v) is 19.2. The first-order valence-electron chi connectivity index (χ1n) is 11.0. The topological polar surface area (TPSA) is 84.6 Å². The fourth-order valence-electron chi connectivity index (χ4n) is 4.50. The number of nitrogens with one attached hydrogen (secondary N) is 1. The van der Waals surface area contributed by atoms with Crippen molar-refractivity contribution in [1.29, 1.82) is 0 Å². The van der Waals surface area contributed by atoms with Crippen molar-refractivity contribution in [2.75, 3.05) is 50.1 Å². The molecule has 1 saturated heterocycles. The van der Waals surface area contributed by atoms with E-state index in [2.05, 4.69) is 15.3 Å². The number of aromatic nitrogens is 3. The number of likely N-dealkylation sites (N-methyl/N-ethyl adjacent to an activating group) is 1. The van der Waals surface area contributed by atoms with E-state index in [0.29, 0.717) is 42.5 Å². The Balaban J connectivity index is 1.63. The molecule has 2 aliphatic heterocycles. The molecule has 2 aromatic heterocycles. The van der Waals surface area contributed by atoms with E-state index in [1.807, 2.05) is 30.4 Å². The van der Waals surface area contributed by atoms with E-state index in [1.165, 1.54) is 6.07 Å². The van der Waals surface area contributed by atoms with Crippen molar-refractivity contribution in [2.24, 2.45) is 7.05 Å². The molecule has 174 valence electrons. The summed E-state index contributed by atoms with van der Waals surface area (Å²) in [5.74, 6) is -0.366. The quantitative estimate of drug-likeness (QED) is 0.653. The molecule has 0 aliphatic carbocycles. The molecule has 33 heavy (non-hydrogen) atoms. The fourth-order valence-corrected chi connectivity index (χ4v) is 4.50. The van der Waals surface area contributed by atoms with Crippen molar-refractivity contribution in [3.63, 3.8) is 0 Å². The molecule has 1 amide bonds. The van der Waals surface area contributed by atoms with Gasteiger partial charge in [-0.15, -0.1) is 0 Å². The highest BCUT2D eigenvalue weighted by atomic mass is 19.1. The number of nitrogens with zero attached hydrogens (tertiary/aromatic N) is 5. The van der Waals surface area contributed by atoms with Gasteiger partial charge in [0, 0.05) is 51.2 Å². The van der Waals surface area contributed by atoms with Crippen LogP contribution in [0.25, 0.3) is 10.9 Å². The lowest BCUT2D eigenvalue weighted by atomic mass is 10.0. The number of ether oxygens (including phenoxy) is 1. The number of pyridine rings is 1. The predicted octanol–water partition coefficient (Wildman–Crippen LogP) is 2.14. The van der Waals surface area contributed by atoms with Crippen molar-refractivity contribution >= 4 is 28.3 Å². The number of anilines is 2. The molecule has 3 aromatic rings. The van der Waals surface area contributed by atoms with Gasteiger partial charge in [-0.2, -0.15) is 5.10 Å². The fraction of sp³-hybridized carbons (Fsp3) is 0.435. The lowest BCUT2D eigenvalue weighted by Crippen LogP contribution is -2.45. The van der Waals surface area contributed by atoms with Crippen LogP contribution >= 0.6 is 0 Å². The molecular weight excluding hydrogens is 427 g/mol. The second-order valence-electron chi connectivity index (χ2n) is 8.91. The van der Waals surface area contributed by atoms with Crippen molar-refractivity contribution in [1.82, 2.24) is 19.2 Å². The van der Waals surface area contributed by atoms with Gasteiger partial charge < -0.3 is 24.4 Å². The first kappa shape index (κ1) is 21.4. The van der Waals surface area contributed by atoms with E-state index in [1.54, 1.807) is 24.0 Å². The summed E-state index contributed by atoms with van der Waals surface area (Å²) >= 11 is 0. The zero-order valence-electron chi connectivity index (χ0n) is 19.2. The number of aryl methyl sites for hydroxylation is 2. The molecule has 2 aliphatic rings. The first-order chi connectivity index (χ1) is 15.7. The van der Waals surface area contributed by atoms with Gasteiger partial charge in [-0.05, 0) is 27.0 Å². The van der Waals surface area contributed by atoms with Crippen LogP contribution in [0.15, 0.2) is 23.1 Å². The molecule has 0 unspecified atom stereocenters. The van der Waals surface area contributed by atoms with E-state index in [4.69, 9.17) is 4.74 Å². The van der Waals surface area contributed by atoms with Gasteiger partial charge in [-0.1, -0.05) is 0 Å². The normalized spacial score (nSPS) is 18.5.